The predicted octanol–water partition coefficient (Wildman–Crippen LogP) is 1.96. The van der Waals surface area contributed by atoms with E-state index in [2.05, 4.69) is 15.5 Å². The molecule has 0 radical (unpaired) electrons. The van der Waals surface area contributed by atoms with Crippen LogP contribution in [0.4, 0.5) is 10.2 Å². The van der Waals surface area contributed by atoms with Crippen molar-refractivity contribution >= 4 is 11.7 Å². The van der Waals surface area contributed by atoms with Crippen LogP contribution >= 0.6 is 0 Å². The molecule has 1 amide bonds. The van der Waals surface area contributed by atoms with Crippen LogP contribution in [0.2, 0.25) is 0 Å². The van der Waals surface area contributed by atoms with Crippen molar-refractivity contribution in [2.45, 2.75) is 6.42 Å². The lowest BCUT2D eigenvalue weighted by Gasteiger charge is -2.05. The molecule has 0 bridgehead atoms. The van der Waals surface area contributed by atoms with Crippen LogP contribution < -0.4 is 10.1 Å². The fourth-order valence-corrected chi connectivity index (χ4v) is 1.33. The number of nitrogens with zero attached hydrogens (tertiary/aromatic N) is 1. The Balaban J connectivity index is 1.72. The molecule has 2 rings (SSSR count). The average Bonchev–Trinajstić information content (AvgIpc) is 2.84. The standard InChI is InChI=1S/C12H12FN3O2/c13-9-1-3-10(4-2-9)18-8-6-12(17)15-11-5-7-14-16-11/h1-5,7H,6,8H2,(H2,14,15,16,17). The molecule has 0 aliphatic heterocycles. The lowest BCUT2D eigenvalue weighted by atomic mass is 10.3. The van der Waals surface area contributed by atoms with E-state index >= 15 is 0 Å². The number of H-pyrrole nitrogens is 1. The van der Waals surface area contributed by atoms with Gasteiger partial charge in [-0.2, -0.15) is 5.10 Å². The minimum Gasteiger partial charge on any atom is -0.493 e. The second-order valence-corrected chi connectivity index (χ2v) is 3.57. The number of aromatic amines is 1. The lowest BCUT2D eigenvalue weighted by molar-refractivity contribution is -0.116. The summed E-state index contributed by atoms with van der Waals surface area (Å²) in [5, 5.41) is 8.94. The summed E-state index contributed by atoms with van der Waals surface area (Å²) < 4.78 is 17.9. The van der Waals surface area contributed by atoms with Crippen LogP contribution in [0.25, 0.3) is 0 Å². The Bertz CT molecular complexity index is 497. The first-order valence-electron chi connectivity index (χ1n) is 5.41. The van der Waals surface area contributed by atoms with Crippen LogP contribution in [0.1, 0.15) is 6.42 Å². The number of benzene rings is 1. The number of aromatic nitrogens is 2. The van der Waals surface area contributed by atoms with Gasteiger partial charge < -0.3 is 10.1 Å². The van der Waals surface area contributed by atoms with Gasteiger partial charge in [-0.15, -0.1) is 0 Å². The maximum atomic E-state index is 12.6. The van der Waals surface area contributed by atoms with Crippen LogP contribution in [0, 0.1) is 5.82 Å². The summed E-state index contributed by atoms with van der Waals surface area (Å²) in [6.07, 6.45) is 1.75. The van der Waals surface area contributed by atoms with Gasteiger partial charge in [0.15, 0.2) is 0 Å². The molecule has 1 aromatic heterocycles. The molecule has 0 atom stereocenters. The first kappa shape index (κ1) is 12.1. The van der Waals surface area contributed by atoms with Crippen molar-refractivity contribution in [3.8, 4) is 5.75 Å². The van der Waals surface area contributed by atoms with Crippen LogP contribution in [0.5, 0.6) is 5.75 Å². The van der Waals surface area contributed by atoms with Crippen LogP contribution in [0.3, 0.4) is 0 Å². The third kappa shape index (κ3) is 3.58. The van der Waals surface area contributed by atoms with Crippen molar-refractivity contribution in [1.29, 1.82) is 0 Å². The first-order valence-corrected chi connectivity index (χ1v) is 5.41. The van der Waals surface area contributed by atoms with Gasteiger partial charge in [0, 0.05) is 6.07 Å². The highest BCUT2D eigenvalue weighted by molar-refractivity contribution is 5.89. The molecule has 1 heterocycles. The zero-order chi connectivity index (χ0) is 12.8. The molecular formula is C12H12FN3O2. The molecule has 2 aromatic rings. The lowest BCUT2D eigenvalue weighted by Crippen LogP contribution is -2.15. The Morgan fingerprint density at radius 1 is 1.33 bits per heavy atom. The predicted molar refractivity (Wildman–Crippen MR) is 63.7 cm³/mol. The van der Waals surface area contributed by atoms with E-state index in [1.165, 1.54) is 24.3 Å². The number of nitrogens with one attached hydrogen (secondary N) is 2. The van der Waals surface area contributed by atoms with E-state index in [0.717, 1.165) is 0 Å². The summed E-state index contributed by atoms with van der Waals surface area (Å²) in [6, 6.07) is 7.29. The number of ether oxygens (including phenoxy) is 1. The van der Waals surface area contributed by atoms with Gasteiger partial charge in [-0.1, -0.05) is 0 Å². The van der Waals surface area contributed by atoms with Crippen molar-refractivity contribution in [3.63, 3.8) is 0 Å². The summed E-state index contributed by atoms with van der Waals surface area (Å²) in [5.41, 5.74) is 0. The van der Waals surface area contributed by atoms with Crippen molar-refractivity contribution in [1.82, 2.24) is 10.2 Å². The maximum Gasteiger partial charge on any atom is 0.228 e. The Hall–Kier alpha value is -2.37. The quantitative estimate of drug-likeness (QED) is 0.851. The van der Waals surface area contributed by atoms with Gasteiger partial charge in [-0.05, 0) is 24.3 Å². The van der Waals surface area contributed by atoms with Crippen molar-refractivity contribution in [3.05, 3.63) is 42.3 Å². The maximum absolute atomic E-state index is 12.6. The second kappa shape index (κ2) is 5.81. The molecular weight excluding hydrogens is 237 g/mol. The van der Waals surface area contributed by atoms with Gasteiger partial charge in [0.05, 0.1) is 19.2 Å². The van der Waals surface area contributed by atoms with Crippen LogP contribution in [0.15, 0.2) is 36.5 Å². The van der Waals surface area contributed by atoms with E-state index in [9.17, 15) is 9.18 Å². The summed E-state index contributed by atoms with van der Waals surface area (Å²) in [5.74, 6) is 0.577. The topological polar surface area (TPSA) is 67.0 Å². The highest BCUT2D eigenvalue weighted by Gasteiger charge is 2.03. The van der Waals surface area contributed by atoms with Gasteiger partial charge in [0.25, 0.3) is 0 Å². The summed E-state index contributed by atoms with van der Waals surface area (Å²) in [4.78, 5) is 11.5. The van der Waals surface area contributed by atoms with Crippen molar-refractivity contribution in [2.24, 2.45) is 0 Å². The van der Waals surface area contributed by atoms with Crippen molar-refractivity contribution < 1.29 is 13.9 Å². The molecule has 94 valence electrons. The molecule has 0 aliphatic rings. The van der Waals surface area contributed by atoms with E-state index in [-0.39, 0.29) is 24.8 Å². The van der Waals surface area contributed by atoms with Gasteiger partial charge in [0.1, 0.15) is 17.4 Å². The van der Waals surface area contributed by atoms with E-state index in [0.29, 0.717) is 11.6 Å². The Labute approximate surface area is 103 Å². The number of carbonyl (C=O) groups is 1. The van der Waals surface area contributed by atoms with E-state index in [1.807, 2.05) is 0 Å². The number of halogens is 1. The molecule has 6 heteroatoms. The fourth-order valence-electron chi connectivity index (χ4n) is 1.33. The minimum absolute atomic E-state index is 0.179. The SMILES string of the molecule is O=C(CCOc1ccc(F)cc1)Nc1ccn[nH]1. The molecule has 0 aliphatic carbocycles. The Kier molecular flexibility index (Phi) is 3.90. The Morgan fingerprint density at radius 3 is 2.78 bits per heavy atom. The number of hydrogen-bond donors (Lipinski definition) is 2. The monoisotopic (exact) mass is 249 g/mol. The molecule has 2 N–H and O–H groups in total. The zero-order valence-corrected chi connectivity index (χ0v) is 9.52. The Morgan fingerprint density at radius 2 is 2.11 bits per heavy atom. The van der Waals surface area contributed by atoms with Crippen LogP contribution in [-0.4, -0.2) is 22.7 Å². The van der Waals surface area contributed by atoms with Crippen molar-refractivity contribution in [2.75, 3.05) is 11.9 Å². The molecule has 0 saturated carbocycles. The van der Waals surface area contributed by atoms with E-state index < -0.39 is 0 Å². The zero-order valence-electron chi connectivity index (χ0n) is 9.52. The fraction of sp³-hybridized carbons (Fsp3) is 0.167. The molecule has 0 fully saturated rings. The molecule has 1 aromatic carbocycles. The first-order chi connectivity index (χ1) is 8.74. The molecule has 5 nitrogen and oxygen atoms in total. The van der Waals surface area contributed by atoms with Gasteiger partial charge in [-0.3, -0.25) is 9.89 Å². The molecule has 0 spiro atoms. The molecule has 0 unspecified atom stereocenters. The number of hydrogen-bond acceptors (Lipinski definition) is 3. The van der Waals surface area contributed by atoms with Gasteiger partial charge in [0.2, 0.25) is 5.91 Å². The summed E-state index contributed by atoms with van der Waals surface area (Å²) in [6.45, 7) is 0.228. The molecule has 0 saturated heterocycles. The van der Waals surface area contributed by atoms with E-state index in [1.54, 1.807) is 12.3 Å². The highest BCUT2D eigenvalue weighted by atomic mass is 19.1. The number of anilines is 1. The number of amides is 1. The summed E-state index contributed by atoms with van der Waals surface area (Å²) >= 11 is 0. The number of rotatable bonds is 5. The third-order valence-corrected chi connectivity index (χ3v) is 2.19. The van der Waals surface area contributed by atoms with Gasteiger partial charge >= 0.3 is 0 Å². The highest BCUT2D eigenvalue weighted by Crippen LogP contribution is 2.11. The third-order valence-electron chi connectivity index (χ3n) is 2.19. The minimum atomic E-state index is -0.320. The van der Waals surface area contributed by atoms with Crippen LogP contribution in [-0.2, 0) is 4.79 Å². The summed E-state index contributed by atoms with van der Waals surface area (Å²) in [7, 11) is 0. The van der Waals surface area contributed by atoms with E-state index in [4.69, 9.17) is 4.74 Å². The largest absolute Gasteiger partial charge is 0.493 e. The smallest absolute Gasteiger partial charge is 0.228 e. The average molecular weight is 249 g/mol. The van der Waals surface area contributed by atoms with Gasteiger partial charge in [-0.25, -0.2) is 4.39 Å². The normalized spacial score (nSPS) is 10.1. The molecule has 18 heavy (non-hydrogen) atoms. The second-order valence-electron chi connectivity index (χ2n) is 3.57. The number of carbonyl (C=O) groups excluding carboxylic acids is 1.